The number of hydrogen-bond acceptors (Lipinski definition) is 3. The lowest BCUT2D eigenvalue weighted by Gasteiger charge is -2.20. The Hall–Kier alpha value is -0.840. The number of hydrogen-bond donors (Lipinski definition) is 1. The van der Waals surface area contributed by atoms with Crippen molar-refractivity contribution in [1.29, 1.82) is 0 Å². The standard InChI is InChI=1S/C15H22ClN3S/c1-5-11-7-8-13(20-11)14(17-6-2)15-12(16)9-18-19(15)10(3)4/h7-10,14,17H,5-6H2,1-4H3. The van der Waals surface area contributed by atoms with Crippen molar-refractivity contribution in [2.45, 2.75) is 46.2 Å². The molecule has 0 fully saturated rings. The van der Waals surface area contributed by atoms with Gasteiger partial charge < -0.3 is 5.32 Å². The zero-order valence-electron chi connectivity index (χ0n) is 12.5. The number of thiophene rings is 1. The third kappa shape index (κ3) is 3.08. The Labute approximate surface area is 130 Å². The molecule has 2 aromatic rings. The number of nitrogens with one attached hydrogen (secondary N) is 1. The summed E-state index contributed by atoms with van der Waals surface area (Å²) in [4.78, 5) is 2.70. The van der Waals surface area contributed by atoms with Crippen LogP contribution in [0.5, 0.6) is 0 Å². The van der Waals surface area contributed by atoms with Crippen LogP contribution in [-0.2, 0) is 6.42 Å². The smallest absolute Gasteiger partial charge is 0.0857 e. The molecule has 0 saturated heterocycles. The molecule has 0 aliphatic rings. The van der Waals surface area contributed by atoms with Crippen molar-refractivity contribution < 1.29 is 0 Å². The molecule has 1 unspecified atom stereocenters. The van der Waals surface area contributed by atoms with Crippen LogP contribution in [0.1, 0.15) is 55.2 Å². The molecule has 0 radical (unpaired) electrons. The second kappa shape index (κ2) is 6.74. The van der Waals surface area contributed by atoms with Crippen LogP contribution in [0.15, 0.2) is 18.3 Å². The molecule has 1 N–H and O–H groups in total. The Morgan fingerprint density at radius 2 is 2.10 bits per heavy atom. The molecule has 2 rings (SSSR count). The Balaban J connectivity index is 2.45. The molecule has 2 aromatic heterocycles. The van der Waals surface area contributed by atoms with Gasteiger partial charge in [0, 0.05) is 15.8 Å². The van der Waals surface area contributed by atoms with E-state index in [2.05, 4.69) is 50.2 Å². The maximum absolute atomic E-state index is 6.39. The highest BCUT2D eigenvalue weighted by Crippen LogP contribution is 2.33. The zero-order chi connectivity index (χ0) is 14.7. The summed E-state index contributed by atoms with van der Waals surface area (Å²) in [7, 11) is 0. The van der Waals surface area contributed by atoms with Gasteiger partial charge in [-0.15, -0.1) is 11.3 Å². The van der Waals surface area contributed by atoms with Crippen LogP contribution < -0.4 is 5.32 Å². The maximum atomic E-state index is 6.39. The zero-order valence-corrected chi connectivity index (χ0v) is 14.1. The predicted octanol–water partition coefficient (Wildman–Crippen LogP) is 4.44. The van der Waals surface area contributed by atoms with Gasteiger partial charge in [0.2, 0.25) is 0 Å². The van der Waals surface area contributed by atoms with Gasteiger partial charge in [-0.2, -0.15) is 5.10 Å². The van der Waals surface area contributed by atoms with Crippen molar-refractivity contribution in [3.63, 3.8) is 0 Å². The van der Waals surface area contributed by atoms with E-state index in [1.165, 1.54) is 9.75 Å². The molecule has 0 saturated carbocycles. The van der Waals surface area contributed by atoms with Crippen molar-refractivity contribution in [3.8, 4) is 0 Å². The van der Waals surface area contributed by atoms with Crippen molar-refractivity contribution in [2.75, 3.05) is 6.54 Å². The quantitative estimate of drug-likeness (QED) is 0.854. The highest BCUT2D eigenvalue weighted by Gasteiger charge is 2.23. The second-order valence-corrected chi connectivity index (χ2v) is 6.67. The highest BCUT2D eigenvalue weighted by atomic mass is 35.5. The summed E-state index contributed by atoms with van der Waals surface area (Å²) < 4.78 is 2.01. The molecule has 1 atom stereocenters. The average molecular weight is 312 g/mol. The summed E-state index contributed by atoms with van der Waals surface area (Å²) in [6.07, 6.45) is 2.82. The lowest BCUT2D eigenvalue weighted by molar-refractivity contribution is 0.478. The van der Waals surface area contributed by atoms with E-state index in [9.17, 15) is 0 Å². The molecule has 0 spiro atoms. The summed E-state index contributed by atoms with van der Waals surface area (Å²) in [5.41, 5.74) is 1.06. The Bertz CT molecular complexity index is 559. The molecule has 0 aromatic carbocycles. The number of aromatic nitrogens is 2. The van der Waals surface area contributed by atoms with Crippen molar-refractivity contribution in [3.05, 3.63) is 38.8 Å². The number of aryl methyl sites for hydroxylation is 1. The molecule has 5 heteroatoms. The van der Waals surface area contributed by atoms with Gasteiger partial charge >= 0.3 is 0 Å². The number of halogens is 1. The van der Waals surface area contributed by atoms with E-state index in [-0.39, 0.29) is 6.04 Å². The van der Waals surface area contributed by atoms with Gasteiger partial charge in [0.15, 0.2) is 0 Å². The van der Waals surface area contributed by atoms with Crippen LogP contribution in [0.25, 0.3) is 0 Å². The van der Waals surface area contributed by atoms with Gasteiger partial charge in [-0.25, -0.2) is 0 Å². The van der Waals surface area contributed by atoms with E-state index in [4.69, 9.17) is 11.6 Å². The summed E-state index contributed by atoms with van der Waals surface area (Å²) >= 11 is 8.24. The normalized spacial score (nSPS) is 13.1. The fourth-order valence-electron chi connectivity index (χ4n) is 2.31. The first-order valence-corrected chi connectivity index (χ1v) is 8.32. The van der Waals surface area contributed by atoms with E-state index in [1.54, 1.807) is 6.20 Å². The van der Waals surface area contributed by atoms with E-state index >= 15 is 0 Å². The van der Waals surface area contributed by atoms with Gasteiger partial charge in [0.1, 0.15) is 0 Å². The Morgan fingerprint density at radius 1 is 1.35 bits per heavy atom. The molecule has 0 bridgehead atoms. The molecule has 2 heterocycles. The Morgan fingerprint density at radius 3 is 2.65 bits per heavy atom. The van der Waals surface area contributed by atoms with Crippen molar-refractivity contribution in [2.24, 2.45) is 0 Å². The van der Waals surface area contributed by atoms with Crippen LogP contribution in [0.2, 0.25) is 5.02 Å². The largest absolute Gasteiger partial charge is 0.305 e. The molecular formula is C15H22ClN3S. The lowest BCUT2D eigenvalue weighted by Crippen LogP contribution is -2.25. The molecular weight excluding hydrogens is 290 g/mol. The minimum Gasteiger partial charge on any atom is -0.305 e. The van der Waals surface area contributed by atoms with Crippen LogP contribution in [0.3, 0.4) is 0 Å². The molecule has 0 amide bonds. The monoisotopic (exact) mass is 311 g/mol. The summed E-state index contributed by atoms with van der Waals surface area (Å²) in [5, 5.41) is 8.69. The van der Waals surface area contributed by atoms with Gasteiger partial charge in [0.25, 0.3) is 0 Å². The van der Waals surface area contributed by atoms with Crippen molar-refractivity contribution >= 4 is 22.9 Å². The molecule has 110 valence electrons. The topological polar surface area (TPSA) is 29.9 Å². The number of rotatable bonds is 6. The minimum absolute atomic E-state index is 0.114. The summed E-state index contributed by atoms with van der Waals surface area (Å²) in [6.45, 7) is 9.45. The third-order valence-corrected chi connectivity index (χ3v) is 4.86. The van der Waals surface area contributed by atoms with Gasteiger partial charge in [0.05, 0.1) is 23.0 Å². The van der Waals surface area contributed by atoms with Gasteiger partial charge in [-0.1, -0.05) is 25.4 Å². The first kappa shape index (κ1) is 15.5. The second-order valence-electron chi connectivity index (χ2n) is 5.06. The van der Waals surface area contributed by atoms with Crippen LogP contribution >= 0.6 is 22.9 Å². The fourth-order valence-corrected chi connectivity index (χ4v) is 3.58. The van der Waals surface area contributed by atoms with Crippen molar-refractivity contribution in [1.82, 2.24) is 15.1 Å². The Kier molecular flexibility index (Phi) is 5.24. The molecule has 0 aliphatic heterocycles. The van der Waals surface area contributed by atoms with E-state index < -0.39 is 0 Å². The van der Waals surface area contributed by atoms with Crippen LogP contribution in [-0.4, -0.2) is 16.3 Å². The van der Waals surface area contributed by atoms with Gasteiger partial charge in [-0.3, -0.25) is 4.68 Å². The predicted molar refractivity (Wildman–Crippen MR) is 86.8 cm³/mol. The molecule has 3 nitrogen and oxygen atoms in total. The summed E-state index contributed by atoms with van der Waals surface area (Å²) in [5.74, 6) is 0. The first-order chi connectivity index (χ1) is 9.58. The van der Waals surface area contributed by atoms with E-state index in [0.717, 1.165) is 23.7 Å². The first-order valence-electron chi connectivity index (χ1n) is 7.13. The molecule has 20 heavy (non-hydrogen) atoms. The lowest BCUT2D eigenvalue weighted by atomic mass is 10.1. The van der Waals surface area contributed by atoms with E-state index in [1.807, 2.05) is 16.0 Å². The molecule has 0 aliphatic carbocycles. The van der Waals surface area contributed by atoms with Crippen LogP contribution in [0.4, 0.5) is 0 Å². The van der Waals surface area contributed by atoms with E-state index in [0.29, 0.717) is 6.04 Å². The maximum Gasteiger partial charge on any atom is 0.0857 e. The third-order valence-electron chi connectivity index (χ3n) is 3.27. The highest BCUT2D eigenvalue weighted by molar-refractivity contribution is 7.12. The summed E-state index contributed by atoms with van der Waals surface area (Å²) in [6, 6.07) is 4.81. The fraction of sp³-hybridized carbons (Fsp3) is 0.533. The average Bonchev–Trinajstić information content (AvgIpc) is 3.02. The van der Waals surface area contributed by atoms with Crippen LogP contribution in [0, 0.1) is 0 Å². The SMILES string of the molecule is CCNC(c1ccc(CC)s1)c1c(Cl)cnn1C(C)C. The van der Waals surface area contributed by atoms with Gasteiger partial charge in [-0.05, 0) is 38.9 Å². The minimum atomic E-state index is 0.114. The number of nitrogens with zero attached hydrogens (tertiary/aromatic N) is 2.